The first-order chi connectivity index (χ1) is 8.88. The van der Waals surface area contributed by atoms with Crippen molar-refractivity contribution < 1.29 is 17.8 Å². The van der Waals surface area contributed by atoms with Gasteiger partial charge in [0.15, 0.2) is 0 Å². The summed E-state index contributed by atoms with van der Waals surface area (Å²) >= 11 is 0. The molecule has 2 N–H and O–H groups in total. The van der Waals surface area contributed by atoms with Crippen molar-refractivity contribution in [2.75, 3.05) is 17.3 Å². The van der Waals surface area contributed by atoms with Crippen LogP contribution in [0.5, 0.6) is 0 Å². The predicted molar refractivity (Wildman–Crippen MR) is 71.5 cm³/mol. The van der Waals surface area contributed by atoms with Crippen LogP contribution < -0.4 is 10.6 Å². The molecule has 4 nitrogen and oxygen atoms in total. The summed E-state index contributed by atoms with van der Waals surface area (Å²) < 4.78 is 36.9. The lowest BCUT2D eigenvalue weighted by molar-refractivity contribution is 0.249. The molecule has 1 rings (SSSR count). The van der Waals surface area contributed by atoms with E-state index in [9.17, 15) is 17.8 Å². The van der Waals surface area contributed by atoms with Gasteiger partial charge in [0.25, 0.3) is 0 Å². The van der Waals surface area contributed by atoms with E-state index >= 15 is 0 Å². The molecule has 0 aliphatic carbocycles. The molecule has 0 aromatic heterocycles. The second kappa shape index (κ2) is 7.18. The number of nitrogens with one attached hydrogen (secondary N) is 2. The fourth-order valence-electron chi connectivity index (χ4n) is 1.39. The van der Waals surface area contributed by atoms with Gasteiger partial charge < -0.3 is 10.6 Å². The van der Waals surface area contributed by atoms with Crippen LogP contribution in [0.1, 0.15) is 13.3 Å². The molecule has 0 heterocycles. The molecule has 0 saturated heterocycles. The molecule has 2 amide bonds. The van der Waals surface area contributed by atoms with Crippen molar-refractivity contribution in [2.24, 2.45) is 0 Å². The largest absolute Gasteiger partial charge is 0.335 e. The number of anilines is 1. The Morgan fingerprint density at radius 3 is 2.68 bits per heavy atom. The van der Waals surface area contributed by atoms with Crippen LogP contribution in [0.3, 0.4) is 0 Å². The third-order valence-corrected chi connectivity index (χ3v) is 3.21. The van der Waals surface area contributed by atoms with E-state index in [1.165, 1.54) is 0 Å². The normalized spacial score (nSPS) is 13.7. The molecule has 19 heavy (non-hydrogen) atoms. The van der Waals surface area contributed by atoms with Crippen LogP contribution >= 0.6 is 0 Å². The first kappa shape index (κ1) is 15.6. The molecule has 0 unspecified atom stereocenters. The highest BCUT2D eigenvalue weighted by Crippen LogP contribution is 2.14. The third kappa shape index (κ3) is 5.78. The molecular formula is C12H16F2N2O2S. The number of amides is 2. The van der Waals surface area contributed by atoms with E-state index in [0.717, 1.165) is 12.1 Å². The molecule has 0 fully saturated rings. The van der Waals surface area contributed by atoms with Crippen molar-refractivity contribution in [2.45, 2.75) is 19.4 Å². The van der Waals surface area contributed by atoms with E-state index < -0.39 is 28.5 Å². The topological polar surface area (TPSA) is 58.2 Å². The molecule has 0 radical (unpaired) electrons. The smallest absolute Gasteiger partial charge is 0.319 e. The van der Waals surface area contributed by atoms with Crippen molar-refractivity contribution >= 4 is 22.5 Å². The molecular weight excluding hydrogens is 274 g/mol. The van der Waals surface area contributed by atoms with Crippen molar-refractivity contribution in [3.63, 3.8) is 0 Å². The second-order valence-electron chi connectivity index (χ2n) is 4.19. The van der Waals surface area contributed by atoms with Crippen molar-refractivity contribution in [3.8, 4) is 0 Å². The molecule has 2 atom stereocenters. The van der Waals surface area contributed by atoms with Crippen LogP contribution in [-0.4, -0.2) is 28.3 Å². The Labute approximate surface area is 113 Å². The zero-order chi connectivity index (χ0) is 14.4. The number of urea groups is 1. The molecule has 1 aromatic rings. The summed E-state index contributed by atoms with van der Waals surface area (Å²) in [7, 11) is -0.919. The minimum atomic E-state index is -0.919. The van der Waals surface area contributed by atoms with E-state index in [4.69, 9.17) is 0 Å². The summed E-state index contributed by atoms with van der Waals surface area (Å²) in [5.41, 5.74) is -0.0924. The van der Waals surface area contributed by atoms with Crippen LogP contribution in [-0.2, 0) is 10.8 Å². The predicted octanol–water partition coefficient (Wildman–Crippen LogP) is 2.24. The first-order valence-corrected chi connectivity index (χ1v) is 7.44. The summed E-state index contributed by atoms with van der Waals surface area (Å²) in [5.74, 6) is -1.06. The van der Waals surface area contributed by atoms with Crippen LogP contribution in [0, 0.1) is 11.6 Å². The minimum absolute atomic E-state index is 0.0924. The molecule has 1 aromatic carbocycles. The van der Waals surface area contributed by atoms with Crippen LogP contribution in [0.4, 0.5) is 19.3 Å². The Morgan fingerprint density at radius 2 is 2.11 bits per heavy atom. The van der Waals surface area contributed by atoms with Gasteiger partial charge in [-0.15, -0.1) is 0 Å². The quantitative estimate of drug-likeness (QED) is 0.874. The summed E-state index contributed by atoms with van der Waals surface area (Å²) in [6, 6.07) is 2.13. The fourth-order valence-corrected chi connectivity index (χ4v) is 2.07. The van der Waals surface area contributed by atoms with Gasteiger partial charge in [0.2, 0.25) is 0 Å². The highest BCUT2D eigenvalue weighted by atomic mass is 32.2. The van der Waals surface area contributed by atoms with Crippen LogP contribution in [0.25, 0.3) is 0 Å². The lowest BCUT2D eigenvalue weighted by atomic mass is 10.2. The van der Waals surface area contributed by atoms with E-state index in [0.29, 0.717) is 18.2 Å². The highest BCUT2D eigenvalue weighted by Gasteiger charge is 2.10. The minimum Gasteiger partial charge on any atom is -0.335 e. The van der Waals surface area contributed by atoms with Crippen LogP contribution in [0.2, 0.25) is 0 Å². The van der Waals surface area contributed by atoms with Gasteiger partial charge in [0, 0.05) is 34.9 Å². The fraction of sp³-hybridized carbons (Fsp3) is 0.417. The third-order valence-electron chi connectivity index (χ3n) is 2.40. The van der Waals surface area contributed by atoms with Gasteiger partial charge in [-0.3, -0.25) is 4.21 Å². The number of rotatable bonds is 5. The van der Waals surface area contributed by atoms with E-state index in [1.807, 2.05) is 0 Å². The molecule has 0 aliphatic heterocycles. The van der Waals surface area contributed by atoms with Gasteiger partial charge in [-0.1, -0.05) is 0 Å². The van der Waals surface area contributed by atoms with Gasteiger partial charge in [-0.2, -0.15) is 0 Å². The number of halogens is 2. The summed E-state index contributed by atoms with van der Waals surface area (Å²) in [5, 5.41) is 4.87. The average molecular weight is 290 g/mol. The van der Waals surface area contributed by atoms with Gasteiger partial charge in [-0.05, 0) is 25.5 Å². The molecule has 0 bridgehead atoms. The maximum atomic E-state index is 13.3. The molecule has 7 heteroatoms. The number of hydrogen-bond donors (Lipinski definition) is 2. The van der Waals surface area contributed by atoms with Gasteiger partial charge >= 0.3 is 6.03 Å². The maximum absolute atomic E-state index is 13.3. The SMILES string of the molecule is C[C@H](CC[S@@](C)=O)NC(=O)Nc1ccc(F)cc1F. The summed E-state index contributed by atoms with van der Waals surface area (Å²) in [6.45, 7) is 1.76. The Balaban J connectivity index is 2.48. The molecule has 0 aliphatic rings. The van der Waals surface area contributed by atoms with E-state index in [-0.39, 0.29) is 11.7 Å². The van der Waals surface area contributed by atoms with Crippen molar-refractivity contribution in [1.29, 1.82) is 0 Å². The lowest BCUT2D eigenvalue weighted by Gasteiger charge is -2.14. The number of benzene rings is 1. The molecule has 106 valence electrons. The summed E-state index contributed by atoms with van der Waals surface area (Å²) in [4.78, 5) is 11.5. The zero-order valence-electron chi connectivity index (χ0n) is 10.7. The molecule has 0 spiro atoms. The maximum Gasteiger partial charge on any atom is 0.319 e. The van der Waals surface area contributed by atoms with E-state index in [1.54, 1.807) is 13.2 Å². The summed E-state index contributed by atoms with van der Waals surface area (Å²) in [6.07, 6.45) is 2.14. The Morgan fingerprint density at radius 1 is 1.42 bits per heavy atom. The Hall–Kier alpha value is -1.50. The highest BCUT2D eigenvalue weighted by molar-refractivity contribution is 7.84. The van der Waals surface area contributed by atoms with Crippen molar-refractivity contribution in [3.05, 3.63) is 29.8 Å². The van der Waals surface area contributed by atoms with Crippen molar-refractivity contribution in [1.82, 2.24) is 5.32 Å². The van der Waals surface area contributed by atoms with Gasteiger partial charge in [0.1, 0.15) is 11.6 Å². The zero-order valence-corrected chi connectivity index (χ0v) is 11.5. The van der Waals surface area contributed by atoms with Crippen LogP contribution in [0.15, 0.2) is 18.2 Å². The lowest BCUT2D eigenvalue weighted by Crippen LogP contribution is -2.37. The second-order valence-corrected chi connectivity index (χ2v) is 5.74. The number of carbonyl (C=O) groups is 1. The Bertz CT molecular complexity index is 483. The van der Waals surface area contributed by atoms with Gasteiger partial charge in [0.05, 0.1) is 5.69 Å². The standard InChI is InChI=1S/C12H16F2N2O2S/c1-8(5-6-19(2)18)15-12(17)16-11-4-3-9(13)7-10(11)14/h3-4,7-8H,5-6H2,1-2H3,(H2,15,16,17)/t8-,19-/m1/s1. The average Bonchev–Trinajstić information content (AvgIpc) is 2.30. The van der Waals surface area contributed by atoms with E-state index in [2.05, 4.69) is 10.6 Å². The van der Waals surface area contributed by atoms with Gasteiger partial charge in [-0.25, -0.2) is 13.6 Å². The Kier molecular flexibility index (Phi) is 5.88. The first-order valence-electron chi connectivity index (χ1n) is 5.71. The number of hydrogen-bond acceptors (Lipinski definition) is 2. The molecule has 0 saturated carbocycles. The monoisotopic (exact) mass is 290 g/mol. The number of carbonyl (C=O) groups excluding carboxylic acids is 1.